The van der Waals surface area contributed by atoms with Gasteiger partial charge >= 0.3 is 6.18 Å². The monoisotopic (exact) mass is 473 g/mol. The molecule has 0 saturated heterocycles. The average molecular weight is 474 g/mol. The van der Waals surface area contributed by atoms with Crippen molar-refractivity contribution in [3.05, 3.63) is 75.1 Å². The lowest BCUT2D eigenvalue weighted by molar-refractivity contribution is -0.137. The summed E-state index contributed by atoms with van der Waals surface area (Å²) in [5.74, 6) is -1.98. The van der Waals surface area contributed by atoms with E-state index in [1.165, 1.54) is 10.7 Å². The van der Waals surface area contributed by atoms with Gasteiger partial charge in [-0.3, -0.25) is 4.79 Å². The molecular formula is C21H17Cl2F4N3O. The highest BCUT2D eigenvalue weighted by atomic mass is 35.5. The van der Waals surface area contributed by atoms with Crippen LogP contribution in [0, 0.1) is 5.82 Å². The fraction of sp³-hybridized carbons (Fsp3) is 0.238. The van der Waals surface area contributed by atoms with Gasteiger partial charge in [-0.25, -0.2) is 9.07 Å². The number of benzene rings is 2. The summed E-state index contributed by atoms with van der Waals surface area (Å²) in [6.45, 7) is 5.69. The number of amides is 1. The smallest absolute Gasteiger partial charge is 0.306 e. The van der Waals surface area contributed by atoms with Gasteiger partial charge in [0.15, 0.2) is 0 Å². The Kier molecular flexibility index (Phi) is 6.08. The van der Waals surface area contributed by atoms with E-state index in [0.717, 1.165) is 6.07 Å². The predicted octanol–water partition coefficient (Wildman–Crippen LogP) is 6.89. The van der Waals surface area contributed by atoms with E-state index in [4.69, 9.17) is 23.2 Å². The van der Waals surface area contributed by atoms with E-state index < -0.39 is 34.4 Å². The lowest BCUT2D eigenvalue weighted by Crippen LogP contribution is -2.17. The van der Waals surface area contributed by atoms with Crippen LogP contribution in [-0.4, -0.2) is 15.7 Å². The second-order valence-corrected chi connectivity index (χ2v) is 8.70. The summed E-state index contributed by atoms with van der Waals surface area (Å²) in [5, 5.41) is 7.63. The van der Waals surface area contributed by atoms with E-state index in [1.54, 1.807) is 18.2 Å². The van der Waals surface area contributed by atoms with Crippen molar-refractivity contribution in [1.82, 2.24) is 9.78 Å². The molecule has 10 heteroatoms. The molecule has 164 valence electrons. The molecule has 0 aliphatic heterocycles. The number of alkyl halides is 3. The van der Waals surface area contributed by atoms with E-state index in [9.17, 15) is 22.4 Å². The summed E-state index contributed by atoms with van der Waals surface area (Å²) in [7, 11) is 0. The average Bonchev–Trinajstić information content (AvgIpc) is 3.06. The molecule has 0 aliphatic carbocycles. The standard InChI is InChI=1S/C21H17Cl2F4N3O/c1-20(2,3)17-10-18(30(29-17)16-9-13(22)4-5-15(16)23)28-19(31)11-6-12(21(25,26)27)8-14(24)7-11/h4-10H,1-3H3,(H,28,31). The molecule has 4 nitrogen and oxygen atoms in total. The number of hydrogen-bond donors (Lipinski definition) is 1. The minimum atomic E-state index is -4.80. The van der Waals surface area contributed by atoms with Crippen molar-refractivity contribution in [2.45, 2.75) is 32.4 Å². The zero-order valence-electron chi connectivity index (χ0n) is 16.6. The third kappa shape index (κ3) is 5.19. The summed E-state index contributed by atoms with van der Waals surface area (Å²) in [5.41, 5.74) is -1.24. The van der Waals surface area contributed by atoms with Gasteiger partial charge in [0.2, 0.25) is 0 Å². The molecule has 0 bridgehead atoms. The molecular weight excluding hydrogens is 457 g/mol. The lowest BCUT2D eigenvalue weighted by Gasteiger charge is -2.14. The molecule has 1 aromatic heterocycles. The third-order valence-electron chi connectivity index (χ3n) is 4.34. The van der Waals surface area contributed by atoms with Crippen LogP contribution in [0.2, 0.25) is 10.0 Å². The van der Waals surface area contributed by atoms with E-state index in [2.05, 4.69) is 10.4 Å². The molecule has 0 spiro atoms. The molecule has 31 heavy (non-hydrogen) atoms. The number of hydrogen-bond acceptors (Lipinski definition) is 2. The number of carbonyl (C=O) groups excluding carboxylic acids is 1. The zero-order chi connectivity index (χ0) is 23.1. The number of rotatable bonds is 3. The lowest BCUT2D eigenvalue weighted by atomic mass is 9.92. The summed E-state index contributed by atoms with van der Waals surface area (Å²) in [6.07, 6.45) is -4.80. The first-order chi connectivity index (χ1) is 14.3. The van der Waals surface area contributed by atoms with Crippen LogP contribution in [0.3, 0.4) is 0 Å². The van der Waals surface area contributed by atoms with Gasteiger partial charge in [0, 0.05) is 22.1 Å². The summed E-state index contributed by atoms with van der Waals surface area (Å²) in [4.78, 5) is 12.7. The number of nitrogens with one attached hydrogen (secondary N) is 1. The van der Waals surface area contributed by atoms with Gasteiger partial charge in [0.05, 0.1) is 22.0 Å². The molecule has 3 aromatic rings. The summed E-state index contributed by atoms with van der Waals surface area (Å²) >= 11 is 12.3. The van der Waals surface area contributed by atoms with E-state index >= 15 is 0 Å². The SMILES string of the molecule is CC(C)(C)c1cc(NC(=O)c2cc(F)cc(C(F)(F)F)c2)n(-c2cc(Cl)ccc2Cl)n1. The Hall–Kier alpha value is -2.58. The second-order valence-electron chi connectivity index (χ2n) is 7.85. The number of nitrogens with zero attached hydrogens (tertiary/aromatic N) is 2. The van der Waals surface area contributed by atoms with Gasteiger partial charge in [-0.2, -0.15) is 18.3 Å². The molecule has 0 atom stereocenters. The fourth-order valence-electron chi connectivity index (χ4n) is 2.74. The van der Waals surface area contributed by atoms with Crippen LogP contribution in [-0.2, 0) is 11.6 Å². The molecule has 1 amide bonds. The molecule has 0 fully saturated rings. The van der Waals surface area contributed by atoms with E-state index in [1.807, 2.05) is 20.8 Å². The highest BCUT2D eigenvalue weighted by molar-refractivity contribution is 6.34. The normalized spacial score (nSPS) is 12.2. The largest absolute Gasteiger partial charge is 0.416 e. The first kappa shape index (κ1) is 23.1. The minimum absolute atomic E-state index is 0.136. The molecule has 1 N–H and O–H groups in total. The van der Waals surface area contributed by atoms with Crippen LogP contribution in [0.1, 0.15) is 42.4 Å². The van der Waals surface area contributed by atoms with Gasteiger partial charge in [-0.1, -0.05) is 44.0 Å². The van der Waals surface area contributed by atoms with Gasteiger partial charge < -0.3 is 5.32 Å². The highest BCUT2D eigenvalue weighted by Gasteiger charge is 2.32. The topological polar surface area (TPSA) is 46.9 Å². The van der Waals surface area contributed by atoms with Crippen LogP contribution >= 0.6 is 23.2 Å². The Labute approximate surface area is 185 Å². The number of anilines is 1. The van der Waals surface area contributed by atoms with Crippen molar-refractivity contribution in [1.29, 1.82) is 0 Å². The van der Waals surface area contributed by atoms with E-state index in [0.29, 0.717) is 28.5 Å². The fourth-order valence-corrected chi connectivity index (χ4v) is 3.11. The van der Waals surface area contributed by atoms with E-state index in [-0.39, 0.29) is 10.8 Å². The molecule has 0 unspecified atom stereocenters. The molecule has 0 aliphatic rings. The molecule has 0 radical (unpaired) electrons. The van der Waals surface area contributed by atoms with Crippen LogP contribution in [0.15, 0.2) is 42.5 Å². The zero-order valence-corrected chi connectivity index (χ0v) is 18.1. The van der Waals surface area contributed by atoms with Crippen LogP contribution in [0.4, 0.5) is 23.4 Å². The Morgan fingerprint density at radius 2 is 1.71 bits per heavy atom. The van der Waals surface area contributed by atoms with Crippen molar-refractivity contribution in [3.8, 4) is 5.69 Å². The van der Waals surface area contributed by atoms with Crippen molar-refractivity contribution < 1.29 is 22.4 Å². The van der Waals surface area contributed by atoms with Gasteiger partial charge in [0.1, 0.15) is 11.6 Å². The summed E-state index contributed by atoms with van der Waals surface area (Å²) < 4.78 is 54.1. The number of carbonyl (C=O) groups is 1. The minimum Gasteiger partial charge on any atom is -0.306 e. The van der Waals surface area contributed by atoms with Gasteiger partial charge in [-0.05, 0) is 36.4 Å². The van der Waals surface area contributed by atoms with Crippen molar-refractivity contribution in [2.75, 3.05) is 5.32 Å². The number of aromatic nitrogens is 2. The Morgan fingerprint density at radius 3 is 2.32 bits per heavy atom. The maximum absolute atomic E-state index is 13.7. The Morgan fingerprint density at radius 1 is 1.03 bits per heavy atom. The maximum Gasteiger partial charge on any atom is 0.416 e. The second kappa shape index (κ2) is 8.16. The molecule has 0 saturated carbocycles. The molecule has 3 rings (SSSR count). The first-order valence-electron chi connectivity index (χ1n) is 9.01. The van der Waals surface area contributed by atoms with Crippen LogP contribution in [0.5, 0.6) is 0 Å². The van der Waals surface area contributed by atoms with Crippen LogP contribution in [0.25, 0.3) is 5.69 Å². The third-order valence-corrected chi connectivity index (χ3v) is 4.90. The summed E-state index contributed by atoms with van der Waals surface area (Å²) in [6, 6.07) is 7.85. The molecule has 1 heterocycles. The van der Waals surface area contributed by atoms with Crippen LogP contribution < -0.4 is 5.32 Å². The first-order valence-corrected chi connectivity index (χ1v) is 9.76. The quantitative estimate of drug-likeness (QED) is 0.421. The molecule has 2 aromatic carbocycles. The van der Waals surface area contributed by atoms with Gasteiger partial charge in [0.25, 0.3) is 5.91 Å². The number of halogens is 6. The van der Waals surface area contributed by atoms with Crippen molar-refractivity contribution >= 4 is 34.9 Å². The Bertz CT molecular complexity index is 1150. The van der Waals surface area contributed by atoms with Crippen molar-refractivity contribution in [2.24, 2.45) is 0 Å². The highest BCUT2D eigenvalue weighted by Crippen LogP contribution is 2.32. The maximum atomic E-state index is 13.7. The van der Waals surface area contributed by atoms with Crippen molar-refractivity contribution in [3.63, 3.8) is 0 Å². The Balaban J connectivity index is 2.07. The van der Waals surface area contributed by atoms with Gasteiger partial charge in [-0.15, -0.1) is 0 Å². The predicted molar refractivity (Wildman–Crippen MR) is 112 cm³/mol.